The molecule has 1 heterocycles. The third-order valence-electron chi connectivity index (χ3n) is 2.44. The van der Waals surface area contributed by atoms with Gasteiger partial charge >= 0.3 is 0 Å². The standard InChI is InChI=1S/C13H14N2O/c1-9-5-10(2)7-11(6-9)13(16)12-3-4-14-8-15-12/h3-8,13,16H,1-2H3. The molecule has 1 atom stereocenters. The maximum atomic E-state index is 10.2. The van der Waals surface area contributed by atoms with E-state index in [-0.39, 0.29) is 0 Å². The first-order valence-corrected chi connectivity index (χ1v) is 5.19. The lowest BCUT2D eigenvalue weighted by Crippen LogP contribution is -2.03. The summed E-state index contributed by atoms with van der Waals surface area (Å²) in [6.45, 7) is 4.03. The lowest BCUT2D eigenvalue weighted by Gasteiger charge is -2.11. The van der Waals surface area contributed by atoms with Crippen molar-refractivity contribution in [2.24, 2.45) is 0 Å². The highest BCUT2D eigenvalue weighted by Gasteiger charge is 2.11. The molecule has 0 amide bonds. The van der Waals surface area contributed by atoms with Crippen LogP contribution in [0.2, 0.25) is 0 Å². The molecule has 82 valence electrons. The summed E-state index contributed by atoms with van der Waals surface area (Å²) in [7, 11) is 0. The van der Waals surface area contributed by atoms with Crippen LogP contribution in [0.1, 0.15) is 28.5 Å². The topological polar surface area (TPSA) is 46.0 Å². The number of rotatable bonds is 2. The van der Waals surface area contributed by atoms with Crippen LogP contribution in [0, 0.1) is 13.8 Å². The number of hydrogen-bond donors (Lipinski definition) is 1. The van der Waals surface area contributed by atoms with E-state index in [1.54, 1.807) is 12.3 Å². The van der Waals surface area contributed by atoms with E-state index >= 15 is 0 Å². The quantitative estimate of drug-likeness (QED) is 0.833. The monoisotopic (exact) mass is 214 g/mol. The van der Waals surface area contributed by atoms with Crippen molar-refractivity contribution in [1.29, 1.82) is 0 Å². The maximum Gasteiger partial charge on any atom is 0.121 e. The van der Waals surface area contributed by atoms with E-state index in [2.05, 4.69) is 16.0 Å². The highest BCUT2D eigenvalue weighted by molar-refractivity contribution is 5.33. The highest BCUT2D eigenvalue weighted by atomic mass is 16.3. The van der Waals surface area contributed by atoms with Gasteiger partial charge in [-0.2, -0.15) is 0 Å². The summed E-state index contributed by atoms with van der Waals surface area (Å²) in [6, 6.07) is 7.75. The van der Waals surface area contributed by atoms with Crippen LogP contribution in [-0.4, -0.2) is 15.1 Å². The number of aliphatic hydroxyl groups excluding tert-OH is 1. The molecule has 0 aliphatic carbocycles. The number of hydrogen-bond acceptors (Lipinski definition) is 3. The molecule has 0 saturated carbocycles. The fraction of sp³-hybridized carbons (Fsp3) is 0.231. The Hall–Kier alpha value is -1.74. The predicted octanol–water partition coefficient (Wildman–Crippen LogP) is 2.18. The Balaban J connectivity index is 2.37. The minimum atomic E-state index is -0.679. The van der Waals surface area contributed by atoms with Gasteiger partial charge in [0, 0.05) is 6.20 Å². The molecule has 1 aromatic carbocycles. The van der Waals surface area contributed by atoms with Crippen LogP contribution in [0.15, 0.2) is 36.8 Å². The lowest BCUT2D eigenvalue weighted by molar-refractivity contribution is 0.215. The molecule has 3 nitrogen and oxygen atoms in total. The molecule has 0 bridgehead atoms. The molecule has 0 spiro atoms. The largest absolute Gasteiger partial charge is 0.382 e. The second-order valence-corrected chi connectivity index (χ2v) is 3.96. The number of benzene rings is 1. The third kappa shape index (κ3) is 2.25. The lowest BCUT2D eigenvalue weighted by atomic mass is 10.0. The molecule has 0 aliphatic heterocycles. The van der Waals surface area contributed by atoms with Crippen LogP contribution in [-0.2, 0) is 0 Å². The van der Waals surface area contributed by atoms with Gasteiger partial charge in [0.1, 0.15) is 12.4 Å². The molecule has 1 unspecified atom stereocenters. The van der Waals surface area contributed by atoms with E-state index in [9.17, 15) is 5.11 Å². The minimum Gasteiger partial charge on any atom is -0.382 e. The normalized spacial score (nSPS) is 12.4. The van der Waals surface area contributed by atoms with E-state index < -0.39 is 6.10 Å². The molecule has 0 saturated heterocycles. The third-order valence-corrected chi connectivity index (χ3v) is 2.44. The zero-order valence-corrected chi connectivity index (χ0v) is 9.38. The van der Waals surface area contributed by atoms with Crippen LogP contribution in [0.3, 0.4) is 0 Å². The van der Waals surface area contributed by atoms with Gasteiger partial charge in [0.05, 0.1) is 5.69 Å². The predicted molar refractivity (Wildman–Crippen MR) is 62.0 cm³/mol. The van der Waals surface area contributed by atoms with Gasteiger partial charge in [-0.1, -0.05) is 29.3 Å². The summed E-state index contributed by atoms with van der Waals surface area (Å²) < 4.78 is 0. The molecule has 2 aromatic rings. The van der Waals surface area contributed by atoms with Crippen molar-refractivity contribution in [2.75, 3.05) is 0 Å². The van der Waals surface area contributed by atoms with Crippen LogP contribution < -0.4 is 0 Å². The summed E-state index contributed by atoms with van der Waals surface area (Å²) >= 11 is 0. The van der Waals surface area contributed by atoms with E-state index in [1.807, 2.05) is 26.0 Å². The van der Waals surface area contributed by atoms with Gasteiger partial charge in [0.15, 0.2) is 0 Å². The van der Waals surface area contributed by atoms with Crippen LogP contribution >= 0.6 is 0 Å². The van der Waals surface area contributed by atoms with Crippen molar-refractivity contribution in [1.82, 2.24) is 9.97 Å². The van der Waals surface area contributed by atoms with Gasteiger partial charge < -0.3 is 5.11 Å². The summed E-state index contributed by atoms with van der Waals surface area (Å²) in [5, 5.41) is 10.2. The second-order valence-electron chi connectivity index (χ2n) is 3.96. The van der Waals surface area contributed by atoms with Crippen molar-refractivity contribution in [3.05, 3.63) is 59.2 Å². The molecule has 1 N–H and O–H groups in total. The fourth-order valence-electron chi connectivity index (χ4n) is 1.80. The van der Waals surface area contributed by atoms with E-state index in [0.717, 1.165) is 16.7 Å². The Morgan fingerprint density at radius 3 is 2.38 bits per heavy atom. The van der Waals surface area contributed by atoms with Gasteiger partial charge in [-0.15, -0.1) is 0 Å². The smallest absolute Gasteiger partial charge is 0.121 e. The van der Waals surface area contributed by atoms with Crippen LogP contribution in [0.25, 0.3) is 0 Å². The minimum absolute atomic E-state index is 0.625. The maximum absolute atomic E-state index is 10.2. The van der Waals surface area contributed by atoms with Crippen LogP contribution in [0.5, 0.6) is 0 Å². The van der Waals surface area contributed by atoms with Crippen molar-refractivity contribution >= 4 is 0 Å². The van der Waals surface area contributed by atoms with Gasteiger partial charge in [-0.25, -0.2) is 9.97 Å². The highest BCUT2D eigenvalue weighted by Crippen LogP contribution is 2.21. The average Bonchev–Trinajstić information content (AvgIpc) is 2.28. The van der Waals surface area contributed by atoms with Gasteiger partial charge in [0.25, 0.3) is 0 Å². The number of nitrogens with zero attached hydrogens (tertiary/aromatic N) is 2. The Morgan fingerprint density at radius 1 is 1.12 bits per heavy atom. The van der Waals surface area contributed by atoms with E-state index in [0.29, 0.717) is 5.69 Å². The first-order chi connectivity index (χ1) is 7.66. The number of aliphatic hydroxyl groups is 1. The molecular weight excluding hydrogens is 200 g/mol. The molecule has 0 radical (unpaired) electrons. The molecule has 1 aromatic heterocycles. The zero-order valence-electron chi connectivity index (χ0n) is 9.38. The van der Waals surface area contributed by atoms with Gasteiger partial charge in [-0.3, -0.25) is 0 Å². The molecule has 2 rings (SSSR count). The Morgan fingerprint density at radius 2 is 1.81 bits per heavy atom. The SMILES string of the molecule is Cc1cc(C)cc(C(O)c2ccncn2)c1. The summed E-state index contributed by atoms with van der Waals surface area (Å²) in [5.74, 6) is 0. The second kappa shape index (κ2) is 4.41. The van der Waals surface area contributed by atoms with Crippen LogP contribution in [0.4, 0.5) is 0 Å². The van der Waals surface area contributed by atoms with Crippen molar-refractivity contribution in [2.45, 2.75) is 20.0 Å². The Kier molecular flexibility index (Phi) is 2.97. The van der Waals surface area contributed by atoms with Crippen molar-refractivity contribution in [3.8, 4) is 0 Å². The molecule has 0 aliphatic rings. The Bertz CT molecular complexity index is 462. The van der Waals surface area contributed by atoms with E-state index in [4.69, 9.17) is 0 Å². The molecule has 3 heteroatoms. The number of aryl methyl sites for hydroxylation is 2. The number of aromatic nitrogens is 2. The molecular formula is C13H14N2O. The average molecular weight is 214 g/mol. The first-order valence-electron chi connectivity index (χ1n) is 5.19. The summed E-state index contributed by atoms with van der Waals surface area (Å²) in [4.78, 5) is 7.89. The molecule has 0 fully saturated rings. The zero-order chi connectivity index (χ0) is 11.5. The summed E-state index contributed by atoms with van der Waals surface area (Å²) in [6.07, 6.45) is 2.40. The van der Waals surface area contributed by atoms with Gasteiger partial charge in [-0.05, 0) is 25.5 Å². The molecule has 16 heavy (non-hydrogen) atoms. The Labute approximate surface area is 94.8 Å². The first kappa shape index (κ1) is 10.8. The van der Waals surface area contributed by atoms with E-state index in [1.165, 1.54) is 6.33 Å². The fourth-order valence-corrected chi connectivity index (χ4v) is 1.80. The summed E-state index contributed by atoms with van der Waals surface area (Å²) in [5.41, 5.74) is 3.78. The van der Waals surface area contributed by atoms with Crippen molar-refractivity contribution < 1.29 is 5.11 Å². The van der Waals surface area contributed by atoms with Gasteiger partial charge in [0.2, 0.25) is 0 Å². The van der Waals surface area contributed by atoms with Crippen molar-refractivity contribution in [3.63, 3.8) is 0 Å².